The molecule has 3 aromatic rings. The molecule has 1 fully saturated rings. The van der Waals surface area contributed by atoms with Crippen LogP contribution >= 0.6 is 36.9 Å². The van der Waals surface area contributed by atoms with Crippen LogP contribution in [0.25, 0.3) is 11.1 Å². The van der Waals surface area contributed by atoms with Gasteiger partial charge in [-0.05, 0) is 60.4 Å². The molecule has 1 N–H and O–H groups in total. The van der Waals surface area contributed by atoms with E-state index in [9.17, 15) is 9.90 Å². The normalized spacial score (nSPS) is 16.1. The molecule has 1 atom stereocenters. The summed E-state index contributed by atoms with van der Waals surface area (Å²) in [5.41, 5.74) is 3.04. The molecule has 0 amide bonds. The molecule has 1 unspecified atom stereocenters. The number of hydrogen-bond acceptors (Lipinski definition) is 5. The van der Waals surface area contributed by atoms with Crippen LogP contribution in [0.4, 0.5) is 0 Å². The molecule has 0 spiro atoms. The Morgan fingerprint density at radius 2 is 1.51 bits per heavy atom. The molecular weight excluding hydrogens is 494 g/mol. The number of aliphatic hydroxyl groups is 1. The van der Waals surface area contributed by atoms with Gasteiger partial charge in [0, 0.05) is 23.7 Å². The number of carbonyl (C=O) groups excluding carboxylic acids is 1. The van der Waals surface area contributed by atoms with Gasteiger partial charge < -0.3 is 10.0 Å². The first-order valence-electron chi connectivity index (χ1n) is 12.1. The van der Waals surface area contributed by atoms with Crippen molar-refractivity contribution in [2.45, 2.75) is 37.0 Å². The Kier molecular flexibility index (Phi) is 10.7. The predicted molar refractivity (Wildman–Crippen MR) is 154 cm³/mol. The molecule has 3 nitrogen and oxygen atoms in total. The van der Waals surface area contributed by atoms with E-state index in [-0.39, 0.29) is 11.0 Å². The first-order valence-corrected chi connectivity index (χ1v) is 13.6. The number of rotatable bonds is 7. The van der Waals surface area contributed by atoms with Crippen molar-refractivity contribution in [1.82, 2.24) is 4.90 Å². The Morgan fingerprint density at radius 1 is 0.971 bits per heavy atom. The number of piperidine rings is 1. The summed E-state index contributed by atoms with van der Waals surface area (Å²) in [6.07, 6.45) is 2.02. The molecule has 1 heterocycles. The highest BCUT2D eigenvalue weighted by atomic mass is 35.5. The van der Waals surface area contributed by atoms with Gasteiger partial charge >= 0.3 is 0 Å². The van der Waals surface area contributed by atoms with E-state index in [0.717, 1.165) is 42.1 Å². The van der Waals surface area contributed by atoms with Gasteiger partial charge in [0.1, 0.15) is 0 Å². The molecule has 6 heteroatoms. The summed E-state index contributed by atoms with van der Waals surface area (Å²) in [5.74, 6) is 1.00. The number of benzene rings is 3. The lowest BCUT2D eigenvalue weighted by molar-refractivity contribution is -0.0259. The van der Waals surface area contributed by atoms with Gasteiger partial charge in [-0.1, -0.05) is 85.3 Å². The third kappa shape index (κ3) is 7.86. The maximum atomic E-state index is 12.8. The van der Waals surface area contributed by atoms with Crippen LogP contribution in [-0.4, -0.2) is 46.4 Å². The molecule has 1 saturated heterocycles. The first kappa shape index (κ1) is 27.8. The zero-order chi connectivity index (χ0) is 25.3. The number of ketones is 1. The largest absolute Gasteiger partial charge is 0.385 e. The molecule has 0 aliphatic carbocycles. The highest BCUT2D eigenvalue weighted by Gasteiger charge is 2.34. The molecule has 1 aliphatic rings. The Bertz CT molecular complexity index is 1050. The summed E-state index contributed by atoms with van der Waals surface area (Å²) in [6.45, 7) is 4.36. The third-order valence-electron chi connectivity index (χ3n) is 6.36. The van der Waals surface area contributed by atoms with E-state index in [1.165, 1.54) is 0 Å². The summed E-state index contributed by atoms with van der Waals surface area (Å²) in [4.78, 5) is 15.1. The van der Waals surface area contributed by atoms with Crippen molar-refractivity contribution in [2.75, 3.05) is 25.4 Å². The fraction of sp³-hybridized carbons (Fsp3) is 0.345. The lowest BCUT2D eigenvalue weighted by atomic mass is 9.84. The van der Waals surface area contributed by atoms with E-state index in [2.05, 4.69) is 42.3 Å². The Balaban J connectivity index is 0.00000108. The minimum atomic E-state index is -0.808. The smallest absolute Gasteiger partial charge is 0.175 e. The summed E-state index contributed by atoms with van der Waals surface area (Å²) in [5, 5.41) is 11.4. The van der Waals surface area contributed by atoms with Crippen LogP contribution in [0, 0.1) is 0 Å². The fourth-order valence-electron chi connectivity index (χ4n) is 4.28. The SMILES string of the molecule is CCS.O=C(c1ccc(-c2ccccc2)cc1)C(S)CCN1CCC(O)(c2ccc(Cl)cc2)CC1. The number of hydrogen-bond donors (Lipinski definition) is 3. The zero-order valence-corrected chi connectivity index (χ0v) is 22.7. The molecule has 0 saturated carbocycles. The van der Waals surface area contributed by atoms with Gasteiger partial charge in [-0.25, -0.2) is 0 Å². The van der Waals surface area contributed by atoms with Gasteiger partial charge in [0.15, 0.2) is 5.78 Å². The Morgan fingerprint density at radius 3 is 2.09 bits per heavy atom. The van der Waals surface area contributed by atoms with Crippen LogP contribution in [0.2, 0.25) is 5.02 Å². The van der Waals surface area contributed by atoms with E-state index in [4.69, 9.17) is 11.6 Å². The highest BCUT2D eigenvalue weighted by molar-refractivity contribution is 7.81. The molecule has 1 aliphatic heterocycles. The molecule has 0 aromatic heterocycles. The van der Waals surface area contributed by atoms with E-state index in [1.54, 1.807) is 0 Å². The molecule has 186 valence electrons. The van der Waals surface area contributed by atoms with Crippen molar-refractivity contribution in [3.8, 4) is 11.1 Å². The van der Waals surface area contributed by atoms with E-state index < -0.39 is 5.60 Å². The average molecular weight is 528 g/mol. The monoisotopic (exact) mass is 527 g/mol. The second kappa shape index (κ2) is 13.5. The van der Waals surface area contributed by atoms with E-state index in [1.807, 2.05) is 73.7 Å². The minimum Gasteiger partial charge on any atom is -0.385 e. The van der Waals surface area contributed by atoms with Crippen molar-refractivity contribution < 1.29 is 9.90 Å². The lowest BCUT2D eigenvalue weighted by Gasteiger charge is -2.38. The molecule has 3 aromatic carbocycles. The highest BCUT2D eigenvalue weighted by Crippen LogP contribution is 2.33. The lowest BCUT2D eigenvalue weighted by Crippen LogP contribution is -2.43. The zero-order valence-electron chi connectivity index (χ0n) is 20.1. The van der Waals surface area contributed by atoms with Crippen molar-refractivity contribution in [3.63, 3.8) is 0 Å². The van der Waals surface area contributed by atoms with Gasteiger partial charge in [0.05, 0.1) is 10.9 Å². The average Bonchev–Trinajstić information content (AvgIpc) is 2.89. The van der Waals surface area contributed by atoms with Gasteiger partial charge in [0.2, 0.25) is 0 Å². The van der Waals surface area contributed by atoms with Crippen molar-refractivity contribution in [1.29, 1.82) is 0 Å². The second-order valence-electron chi connectivity index (χ2n) is 8.81. The summed E-state index contributed by atoms with van der Waals surface area (Å²) in [6, 6.07) is 25.4. The Labute approximate surface area is 225 Å². The van der Waals surface area contributed by atoms with E-state index >= 15 is 0 Å². The third-order valence-corrected chi connectivity index (χ3v) is 7.11. The minimum absolute atomic E-state index is 0.0580. The van der Waals surface area contributed by atoms with Crippen LogP contribution in [-0.2, 0) is 5.60 Å². The molecular formula is C29H34ClNO2S2. The van der Waals surface area contributed by atoms with Crippen molar-refractivity contribution in [2.24, 2.45) is 0 Å². The molecule has 4 rings (SSSR count). The number of halogens is 1. The van der Waals surface area contributed by atoms with Crippen LogP contribution < -0.4 is 0 Å². The van der Waals surface area contributed by atoms with Gasteiger partial charge in [-0.15, -0.1) is 0 Å². The van der Waals surface area contributed by atoms with E-state index in [0.29, 0.717) is 29.8 Å². The maximum absolute atomic E-state index is 12.8. The standard InChI is InChI=1S/C27H28ClNO2S.C2H6S/c28-24-12-10-23(11-13-24)27(31)15-18-29(19-16-27)17-14-25(32)26(30)22-8-6-21(7-9-22)20-4-2-1-3-5-20;1-2-3/h1-13,25,31-32H,14-19H2;3H,2H2,1H3. The molecule has 0 radical (unpaired) electrons. The van der Waals surface area contributed by atoms with Crippen LogP contribution in [0.5, 0.6) is 0 Å². The number of carbonyl (C=O) groups is 1. The molecule has 0 bridgehead atoms. The van der Waals surface area contributed by atoms with Gasteiger partial charge in [-0.2, -0.15) is 25.3 Å². The van der Waals surface area contributed by atoms with Crippen molar-refractivity contribution in [3.05, 3.63) is 95.0 Å². The predicted octanol–water partition coefficient (Wildman–Crippen LogP) is 6.80. The number of thiol groups is 2. The summed E-state index contributed by atoms with van der Waals surface area (Å²) >= 11 is 14.4. The van der Waals surface area contributed by atoms with Crippen LogP contribution in [0.15, 0.2) is 78.9 Å². The van der Waals surface area contributed by atoms with Gasteiger partial charge in [-0.3, -0.25) is 4.79 Å². The number of likely N-dealkylation sites (tertiary alicyclic amines) is 1. The number of Topliss-reactive ketones (excluding diaryl/α,β-unsaturated/α-hetero) is 1. The fourth-order valence-corrected chi connectivity index (χ4v) is 4.67. The quantitative estimate of drug-likeness (QED) is 0.234. The van der Waals surface area contributed by atoms with Crippen LogP contribution in [0.3, 0.4) is 0 Å². The topological polar surface area (TPSA) is 40.5 Å². The summed E-state index contributed by atoms with van der Waals surface area (Å²) < 4.78 is 0. The Hall–Kier alpha value is -1.76. The first-order chi connectivity index (χ1) is 16.9. The molecule has 35 heavy (non-hydrogen) atoms. The second-order valence-corrected chi connectivity index (χ2v) is 10.5. The van der Waals surface area contributed by atoms with Gasteiger partial charge in [0.25, 0.3) is 0 Å². The maximum Gasteiger partial charge on any atom is 0.175 e. The van der Waals surface area contributed by atoms with Crippen LogP contribution in [0.1, 0.15) is 42.1 Å². The number of nitrogens with zero attached hydrogens (tertiary/aromatic N) is 1. The summed E-state index contributed by atoms with van der Waals surface area (Å²) in [7, 11) is 0. The van der Waals surface area contributed by atoms with Crippen molar-refractivity contribution >= 4 is 42.6 Å².